The van der Waals surface area contributed by atoms with Crippen molar-refractivity contribution in [3.8, 4) is 5.69 Å². The molecule has 2 aromatic rings. The highest BCUT2D eigenvalue weighted by atomic mass is 127. The Labute approximate surface area is 200 Å². The van der Waals surface area contributed by atoms with E-state index in [1.54, 1.807) is 0 Å². The van der Waals surface area contributed by atoms with Crippen molar-refractivity contribution < 1.29 is 8.78 Å². The summed E-state index contributed by atoms with van der Waals surface area (Å²) in [7, 11) is 0. The molecule has 0 atom stereocenters. The number of aliphatic imine (C=N–C) groups is 1. The van der Waals surface area contributed by atoms with Gasteiger partial charge in [0.2, 0.25) is 0 Å². The summed E-state index contributed by atoms with van der Waals surface area (Å²) in [6, 6.07) is 10.5. The minimum Gasteiger partial charge on any atom is -0.357 e. The number of nitrogens with one attached hydrogen (secondary N) is 2. The number of hydrogen-bond donors (Lipinski definition) is 2. The molecule has 0 aliphatic carbocycles. The summed E-state index contributed by atoms with van der Waals surface area (Å²) < 4.78 is 27.1. The van der Waals surface area contributed by atoms with Gasteiger partial charge in [0.1, 0.15) is 0 Å². The Bertz CT molecular complexity index is 846. The molecule has 0 unspecified atom stereocenters. The molecule has 0 bridgehead atoms. The van der Waals surface area contributed by atoms with E-state index in [1.807, 2.05) is 42.5 Å². The fourth-order valence-corrected chi connectivity index (χ4v) is 3.86. The van der Waals surface area contributed by atoms with Gasteiger partial charge >= 0.3 is 0 Å². The fourth-order valence-electron chi connectivity index (χ4n) is 3.86. The Hall–Kier alpha value is -1.75. The van der Waals surface area contributed by atoms with Gasteiger partial charge in [-0.3, -0.25) is 4.90 Å². The topological polar surface area (TPSA) is 57.5 Å². The molecule has 1 aliphatic rings. The third-order valence-corrected chi connectivity index (χ3v) is 5.31. The number of rotatable bonds is 7. The molecule has 1 aliphatic heterocycles. The number of likely N-dealkylation sites (tertiary alicyclic amines) is 1. The molecule has 3 rings (SSSR count). The van der Waals surface area contributed by atoms with Gasteiger partial charge in [0.25, 0.3) is 6.43 Å². The van der Waals surface area contributed by atoms with Gasteiger partial charge in [-0.2, -0.15) is 5.10 Å². The van der Waals surface area contributed by atoms with Crippen LogP contribution in [-0.2, 0) is 6.54 Å². The number of guanidine groups is 1. The van der Waals surface area contributed by atoms with Gasteiger partial charge in [-0.05, 0) is 51.3 Å². The zero-order valence-corrected chi connectivity index (χ0v) is 20.8. The number of halogens is 3. The molecule has 31 heavy (non-hydrogen) atoms. The monoisotopic (exact) mass is 546 g/mol. The third kappa shape index (κ3) is 7.41. The lowest BCUT2D eigenvalue weighted by atomic mass is 10.1. The van der Waals surface area contributed by atoms with Crippen LogP contribution in [0.5, 0.6) is 0 Å². The van der Waals surface area contributed by atoms with E-state index in [2.05, 4.69) is 33.9 Å². The Kier molecular flexibility index (Phi) is 10.1. The van der Waals surface area contributed by atoms with E-state index in [9.17, 15) is 8.78 Å². The highest BCUT2D eigenvalue weighted by molar-refractivity contribution is 14.0. The SMILES string of the molecule is CCNC(=NCc1ccccc1-n1nc(C)cc1C)NC1CCN(CC(F)F)CC1.I. The summed E-state index contributed by atoms with van der Waals surface area (Å²) in [5, 5.41) is 11.4. The maximum atomic E-state index is 12.6. The van der Waals surface area contributed by atoms with E-state index in [0.717, 1.165) is 48.0 Å². The highest BCUT2D eigenvalue weighted by Gasteiger charge is 2.22. The van der Waals surface area contributed by atoms with Crippen LogP contribution in [0.2, 0.25) is 0 Å². The highest BCUT2D eigenvalue weighted by Crippen LogP contribution is 2.18. The summed E-state index contributed by atoms with van der Waals surface area (Å²) >= 11 is 0. The smallest absolute Gasteiger partial charge is 0.251 e. The fraction of sp³-hybridized carbons (Fsp3) is 0.545. The molecule has 0 radical (unpaired) electrons. The van der Waals surface area contributed by atoms with Gasteiger partial charge in [-0.15, -0.1) is 24.0 Å². The summed E-state index contributed by atoms with van der Waals surface area (Å²) in [5.74, 6) is 0.757. The molecule has 172 valence electrons. The molecular formula is C22H33F2IN6. The predicted molar refractivity (Wildman–Crippen MR) is 132 cm³/mol. The van der Waals surface area contributed by atoms with E-state index in [0.29, 0.717) is 19.6 Å². The number of benzene rings is 1. The minimum absolute atomic E-state index is 0. The molecule has 2 heterocycles. The average Bonchev–Trinajstić information content (AvgIpc) is 3.05. The number of aromatic nitrogens is 2. The molecule has 0 amide bonds. The van der Waals surface area contributed by atoms with Crippen LogP contribution in [0.1, 0.15) is 36.7 Å². The van der Waals surface area contributed by atoms with Crippen molar-refractivity contribution in [2.24, 2.45) is 4.99 Å². The largest absolute Gasteiger partial charge is 0.357 e. The number of aryl methyl sites for hydroxylation is 2. The van der Waals surface area contributed by atoms with Crippen LogP contribution >= 0.6 is 24.0 Å². The van der Waals surface area contributed by atoms with Crippen LogP contribution in [-0.4, -0.2) is 59.3 Å². The van der Waals surface area contributed by atoms with Gasteiger partial charge in [-0.25, -0.2) is 18.5 Å². The van der Waals surface area contributed by atoms with Crippen LogP contribution in [0.25, 0.3) is 5.69 Å². The Morgan fingerprint density at radius 3 is 2.55 bits per heavy atom. The molecule has 9 heteroatoms. The van der Waals surface area contributed by atoms with E-state index in [-0.39, 0.29) is 36.6 Å². The van der Waals surface area contributed by atoms with Crippen LogP contribution in [0, 0.1) is 13.8 Å². The molecular weight excluding hydrogens is 513 g/mol. The van der Waals surface area contributed by atoms with E-state index >= 15 is 0 Å². The van der Waals surface area contributed by atoms with E-state index < -0.39 is 6.43 Å². The second kappa shape index (κ2) is 12.3. The van der Waals surface area contributed by atoms with Crippen molar-refractivity contribution in [1.82, 2.24) is 25.3 Å². The molecule has 2 N–H and O–H groups in total. The first-order valence-electron chi connectivity index (χ1n) is 10.6. The van der Waals surface area contributed by atoms with Gasteiger partial charge in [0.15, 0.2) is 5.96 Å². The number of hydrogen-bond acceptors (Lipinski definition) is 3. The quantitative estimate of drug-likeness (QED) is 0.315. The summed E-state index contributed by atoms with van der Waals surface area (Å²) in [5.41, 5.74) is 4.19. The first-order valence-corrected chi connectivity index (χ1v) is 10.6. The molecule has 0 saturated carbocycles. The minimum atomic E-state index is -2.27. The molecule has 6 nitrogen and oxygen atoms in total. The summed E-state index contributed by atoms with van der Waals surface area (Å²) in [4.78, 5) is 6.62. The lowest BCUT2D eigenvalue weighted by Crippen LogP contribution is -2.49. The molecule has 1 saturated heterocycles. The zero-order valence-electron chi connectivity index (χ0n) is 18.4. The third-order valence-electron chi connectivity index (χ3n) is 5.31. The maximum Gasteiger partial charge on any atom is 0.251 e. The van der Waals surface area contributed by atoms with Crippen LogP contribution in [0.3, 0.4) is 0 Å². The van der Waals surface area contributed by atoms with Crippen LogP contribution in [0.15, 0.2) is 35.3 Å². The van der Waals surface area contributed by atoms with Crippen molar-refractivity contribution in [3.05, 3.63) is 47.3 Å². The van der Waals surface area contributed by atoms with E-state index in [4.69, 9.17) is 4.99 Å². The number of para-hydroxylation sites is 1. The van der Waals surface area contributed by atoms with Gasteiger partial charge < -0.3 is 10.6 Å². The van der Waals surface area contributed by atoms with E-state index in [1.165, 1.54) is 0 Å². The number of piperidine rings is 1. The average molecular weight is 546 g/mol. The number of alkyl halides is 2. The second-order valence-electron chi connectivity index (χ2n) is 7.77. The summed E-state index contributed by atoms with van der Waals surface area (Å²) in [6.45, 7) is 8.58. The van der Waals surface area contributed by atoms with Crippen LogP contribution < -0.4 is 10.6 Å². The lowest BCUT2D eigenvalue weighted by Gasteiger charge is -2.32. The molecule has 1 fully saturated rings. The lowest BCUT2D eigenvalue weighted by molar-refractivity contribution is 0.0744. The first kappa shape index (κ1) is 25.5. The molecule has 1 aromatic heterocycles. The van der Waals surface area contributed by atoms with Gasteiger partial charge in [0.05, 0.1) is 24.5 Å². The first-order chi connectivity index (χ1) is 14.5. The normalized spacial score (nSPS) is 15.7. The van der Waals surface area contributed by atoms with Crippen molar-refractivity contribution in [3.63, 3.8) is 0 Å². The Morgan fingerprint density at radius 2 is 1.94 bits per heavy atom. The van der Waals surface area contributed by atoms with Gasteiger partial charge in [0, 0.05) is 31.4 Å². The maximum absolute atomic E-state index is 12.6. The summed E-state index contributed by atoms with van der Waals surface area (Å²) in [6.07, 6.45) is -0.602. The molecule has 1 aromatic carbocycles. The Balaban J connectivity index is 0.00000341. The number of nitrogens with zero attached hydrogens (tertiary/aromatic N) is 4. The van der Waals surface area contributed by atoms with Crippen LogP contribution in [0.4, 0.5) is 8.78 Å². The standard InChI is InChI=1S/C22H32F2N6.HI/c1-4-25-22(27-19-9-11-29(12-10-19)15-21(23)24)26-14-18-7-5-6-8-20(18)30-17(3)13-16(2)28-30;/h5-8,13,19,21H,4,9-12,14-15H2,1-3H3,(H2,25,26,27);1H. The predicted octanol–water partition coefficient (Wildman–Crippen LogP) is 3.89. The van der Waals surface area contributed by atoms with Crippen molar-refractivity contribution in [2.45, 2.75) is 52.6 Å². The van der Waals surface area contributed by atoms with Gasteiger partial charge in [-0.1, -0.05) is 18.2 Å². The molecule has 0 spiro atoms. The van der Waals surface area contributed by atoms with Crippen molar-refractivity contribution in [1.29, 1.82) is 0 Å². The Morgan fingerprint density at radius 1 is 1.23 bits per heavy atom. The zero-order chi connectivity index (χ0) is 21.5. The van der Waals surface area contributed by atoms with Crippen molar-refractivity contribution in [2.75, 3.05) is 26.2 Å². The van der Waals surface area contributed by atoms with Crippen molar-refractivity contribution >= 4 is 29.9 Å². The second-order valence-corrected chi connectivity index (χ2v) is 7.77.